The molecule has 0 aromatic carbocycles. The van der Waals surface area contributed by atoms with E-state index in [1.54, 1.807) is 0 Å². The first-order valence-electron chi connectivity index (χ1n) is 6.58. The van der Waals surface area contributed by atoms with Gasteiger partial charge in [-0.1, -0.05) is 5.16 Å². The van der Waals surface area contributed by atoms with Gasteiger partial charge in [-0.2, -0.15) is 0 Å². The molecule has 2 fully saturated rings. The van der Waals surface area contributed by atoms with Crippen LogP contribution in [0, 0.1) is 0 Å². The van der Waals surface area contributed by atoms with Crippen LogP contribution in [0.4, 0.5) is 0 Å². The molecule has 1 aliphatic carbocycles. The Morgan fingerprint density at radius 3 is 2.78 bits per heavy atom. The van der Waals surface area contributed by atoms with Crippen LogP contribution in [0.1, 0.15) is 38.5 Å². The molecule has 102 valence electrons. The van der Waals surface area contributed by atoms with Crippen LogP contribution in [0.15, 0.2) is 5.16 Å². The first kappa shape index (κ1) is 13.1. The van der Waals surface area contributed by atoms with Crippen LogP contribution >= 0.6 is 0 Å². The quantitative estimate of drug-likeness (QED) is 0.316. The highest BCUT2D eigenvalue weighted by molar-refractivity contribution is 5.81. The molecule has 0 radical (unpaired) electrons. The second-order valence-corrected chi connectivity index (χ2v) is 5.00. The van der Waals surface area contributed by atoms with Crippen molar-refractivity contribution in [3.63, 3.8) is 0 Å². The molecule has 3 N–H and O–H groups in total. The summed E-state index contributed by atoms with van der Waals surface area (Å²) in [5.41, 5.74) is 5.44. The number of hydrogen-bond donors (Lipinski definition) is 2. The SMILES string of the molecule is NC(CCN(C(=O)CC1CCCO1)C1CC1)=NO. The summed E-state index contributed by atoms with van der Waals surface area (Å²) in [4.78, 5) is 14.0. The summed E-state index contributed by atoms with van der Waals surface area (Å²) in [6, 6.07) is 0.352. The van der Waals surface area contributed by atoms with E-state index in [2.05, 4.69) is 5.16 Å². The highest BCUT2D eigenvalue weighted by Gasteiger charge is 2.33. The van der Waals surface area contributed by atoms with Crippen LogP contribution in [0.3, 0.4) is 0 Å². The lowest BCUT2D eigenvalue weighted by molar-refractivity contribution is -0.134. The molecule has 1 atom stereocenters. The Bertz CT molecular complexity index is 323. The summed E-state index contributed by atoms with van der Waals surface area (Å²) in [6.45, 7) is 1.30. The van der Waals surface area contributed by atoms with E-state index in [0.29, 0.717) is 25.4 Å². The summed E-state index contributed by atoms with van der Waals surface area (Å²) in [6.07, 6.45) is 5.12. The van der Waals surface area contributed by atoms with E-state index in [1.807, 2.05) is 4.90 Å². The molecule has 1 aliphatic heterocycles. The van der Waals surface area contributed by atoms with E-state index in [-0.39, 0.29) is 17.8 Å². The number of nitrogens with zero attached hydrogens (tertiary/aromatic N) is 2. The predicted molar refractivity (Wildman–Crippen MR) is 66.4 cm³/mol. The van der Waals surface area contributed by atoms with Gasteiger partial charge in [0.25, 0.3) is 0 Å². The topological polar surface area (TPSA) is 88.2 Å². The number of carbonyl (C=O) groups excluding carboxylic acids is 1. The van der Waals surface area contributed by atoms with Crippen molar-refractivity contribution >= 4 is 11.7 Å². The minimum absolute atomic E-state index is 0.0857. The van der Waals surface area contributed by atoms with E-state index >= 15 is 0 Å². The lowest BCUT2D eigenvalue weighted by Gasteiger charge is -2.23. The standard InChI is InChI=1S/C12H21N3O3/c13-11(14-17)5-6-15(9-3-4-9)12(16)8-10-2-1-7-18-10/h9-10,17H,1-8H2,(H2,13,14). The predicted octanol–water partition coefficient (Wildman–Crippen LogP) is 0.683. The van der Waals surface area contributed by atoms with Crippen LogP contribution in [0.5, 0.6) is 0 Å². The second kappa shape index (κ2) is 6.04. The maximum absolute atomic E-state index is 12.2. The zero-order valence-electron chi connectivity index (χ0n) is 10.5. The molecular formula is C12H21N3O3. The number of oxime groups is 1. The second-order valence-electron chi connectivity index (χ2n) is 5.00. The Morgan fingerprint density at radius 1 is 1.44 bits per heavy atom. The van der Waals surface area contributed by atoms with Crippen molar-refractivity contribution in [1.82, 2.24) is 4.90 Å². The molecule has 0 aromatic rings. The van der Waals surface area contributed by atoms with Crippen molar-refractivity contribution in [2.45, 2.75) is 50.7 Å². The van der Waals surface area contributed by atoms with Crippen LogP contribution in [0.25, 0.3) is 0 Å². The average Bonchev–Trinajstić information content (AvgIpc) is 3.07. The summed E-state index contributed by atoms with van der Waals surface area (Å²) in [5.74, 6) is 0.306. The number of amidine groups is 1. The third kappa shape index (κ3) is 3.60. The fourth-order valence-corrected chi connectivity index (χ4v) is 2.30. The smallest absolute Gasteiger partial charge is 0.225 e. The van der Waals surface area contributed by atoms with Gasteiger partial charge in [-0.25, -0.2) is 0 Å². The van der Waals surface area contributed by atoms with Crippen LogP contribution < -0.4 is 5.73 Å². The van der Waals surface area contributed by atoms with E-state index in [9.17, 15) is 4.79 Å². The molecule has 1 heterocycles. The third-order valence-electron chi connectivity index (χ3n) is 3.47. The number of rotatable bonds is 6. The highest BCUT2D eigenvalue weighted by Crippen LogP contribution is 2.28. The molecule has 6 nitrogen and oxygen atoms in total. The molecule has 6 heteroatoms. The van der Waals surface area contributed by atoms with Crippen molar-refractivity contribution < 1.29 is 14.7 Å². The van der Waals surface area contributed by atoms with E-state index < -0.39 is 0 Å². The zero-order valence-corrected chi connectivity index (χ0v) is 10.5. The number of carbonyl (C=O) groups is 1. The maximum Gasteiger partial charge on any atom is 0.225 e. The maximum atomic E-state index is 12.2. The Labute approximate surface area is 107 Å². The molecule has 0 bridgehead atoms. The van der Waals surface area contributed by atoms with Crippen LogP contribution in [-0.4, -0.2) is 47.1 Å². The number of ether oxygens (including phenoxy) is 1. The molecule has 1 unspecified atom stereocenters. The van der Waals surface area contributed by atoms with Crippen molar-refractivity contribution in [1.29, 1.82) is 0 Å². The van der Waals surface area contributed by atoms with Gasteiger partial charge in [-0.15, -0.1) is 0 Å². The first-order valence-corrected chi connectivity index (χ1v) is 6.58. The Kier molecular flexibility index (Phi) is 4.41. The summed E-state index contributed by atoms with van der Waals surface area (Å²) >= 11 is 0. The minimum atomic E-state index is 0.0857. The van der Waals surface area contributed by atoms with E-state index in [0.717, 1.165) is 32.3 Å². The Morgan fingerprint density at radius 2 is 2.22 bits per heavy atom. The molecule has 0 spiro atoms. The monoisotopic (exact) mass is 255 g/mol. The Hall–Kier alpha value is -1.30. The average molecular weight is 255 g/mol. The number of hydrogen-bond acceptors (Lipinski definition) is 4. The van der Waals surface area contributed by atoms with Gasteiger partial charge >= 0.3 is 0 Å². The summed E-state index contributed by atoms with van der Waals surface area (Å²) in [7, 11) is 0. The van der Waals surface area contributed by atoms with Gasteiger partial charge in [0.15, 0.2) is 0 Å². The van der Waals surface area contributed by atoms with Crippen molar-refractivity contribution in [3.8, 4) is 0 Å². The Balaban J connectivity index is 1.82. The van der Waals surface area contributed by atoms with E-state index in [4.69, 9.17) is 15.7 Å². The fourth-order valence-electron chi connectivity index (χ4n) is 2.30. The van der Waals surface area contributed by atoms with Gasteiger partial charge in [0.05, 0.1) is 12.5 Å². The summed E-state index contributed by atoms with van der Waals surface area (Å²) in [5, 5.41) is 11.4. The fraction of sp³-hybridized carbons (Fsp3) is 0.833. The molecule has 0 aromatic heterocycles. The summed E-state index contributed by atoms with van der Waals surface area (Å²) < 4.78 is 5.48. The van der Waals surface area contributed by atoms with Gasteiger partial charge in [0, 0.05) is 25.6 Å². The molecule has 1 saturated carbocycles. The highest BCUT2D eigenvalue weighted by atomic mass is 16.5. The number of nitrogens with two attached hydrogens (primary N) is 1. The van der Waals surface area contributed by atoms with Gasteiger partial charge in [0.1, 0.15) is 5.84 Å². The van der Waals surface area contributed by atoms with Gasteiger partial charge in [-0.05, 0) is 25.7 Å². The van der Waals surface area contributed by atoms with Crippen LogP contribution in [0.2, 0.25) is 0 Å². The van der Waals surface area contributed by atoms with Crippen LogP contribution in [-0.2, 0) is 9.53 Å². The molecule has 1 amide bonds. The molecule has 2 aliphatic rings. The van der Waals surface area contributed by atoms with Gasteiger partial charge in [0.2, 0.25) is 5.91 Å². The molecule has 2 rings (SSSR count). The van der Waals surface area contributed by atoms with Gasteiger partial charge in [-0.3, -0.25) is 4.79 Å². The number of amides is 1. The lowest BCUT2D eigenvalue weighted by Crippen LogP contribution is -2.37. The first-order chi connectivity index (χ1) is 8.70. The largest absolute Gasteiger partial charge is 0.409 e. The molecule has 18 heavy (non-hydrogen) atoms. The lowest BCUT2D eigenvalue weighted by atomic mass is 10.1. The van der Waals surface area contributed by atoms with E-state index in [1.165, 1.54) is 0 Å². The molecule has 1 saturated heterocycles. The minimum Gasteiger partial charge on any atom is -0.409 e. The van der Waals surface area contributed by atoms with Crippen molar-refractivity contribution in [2.75, 3.05) is 13.2 Å². The van der Waals surface area contributed by atoms with Crippen molar-refractivity contribution in [3.05, 3.63) is 0 Å². The molecular weight excluding hydrogens is 234 g/mol. The third-order valence-corrected chi connectivity index (χ3v) is 3.47. The zero-order chi connectivity index (χ0) is 13.0. The van der Waals surface area contributed by atoms with Crippen molar-refractivity contribution in [2.24, 2.45) is 10.9 Å². The van der Waals surface area contributed by atoms with Gasteiger partial charge < -0.3 is 20.6 Å². The normalized spacial score (nSPS) is 24.2.